The largest absolute Gasteiger partial charge is 0.431 e. The first-order valence-electron chi connectivity index (χ1n) is 11.6. The van der Waals surface area contributed by atoms with Crippen molar-refractivity contribution in [1.29, 1.82) is 0 Å². The molecule has 6 rings (SSSR count). The Balaban J connectivity index is 1.35. The average molecular weight is 456 g/mol. The van der Waals surface area contributed by atoms with Crippen molar-refractivity contribution in [1.82, 2.24) is 9.97 Å². The van der Waals surface area contributed by atoms with E-state index >= 15 is 0 Å². The number of aryl methyl sites for hydroxylation is 1. The lowest BCUT2D eigenvalue weighted by molar-refractivity contribution is -0.365. The Bertz CT molecular complexity index is 1190. The molecule has 3 aromatic rings. The van der Waals surface area contributed by atoms with Crippen molar-refractivity contribution in [3.05, 3.63) is 53.5 Å². The van der Waals surface area contributed by atoms with Crippen molar-refractivity contribution in [3.8, 4) is 0 Å². The Labute approximate surface area is 189 Å². The van der Waals surface area contributed by atoms with Crippen LogP contribution in [-0.2, 0) is 17.3 Å². The predicted octanol–water partition coefficient (Wildman–Crippen LogP) is 5.12. The number of aliphatic imine (C=N–C) groups is 1. The minimum Gasteiger partial charge on any atom is -0.381 e. The number of hydrogen-bond donors (Lipinski definition) is 1. The van der Waals surface area contributed by atoms with Gasteiger partial charge in [-0.2, -0.15) is 13.2 Å². The van der Waals surface area contributed by atoms with Crippen LogP contribution in [0.4, 0.5) is 19.0 Å². The average Bonchev–Trinajstić information content (AvgIpc) is 3.51. The van der Waals surface area contributed by atoms with Crippen LogP contribution in [0.3, 0.4) is 0 Å². The van der Waals surface area contributed by atoms with E-state index in [9.17, 15) is 13.2 Å². The molecule has 0 spiro atoms. The van der Waals surface area contributed by atoms with E-state index in [2.05, 4.69) is 39.2 Å². The van der Waals surface area contributed by atoms with Crippen molar-refractivity contribution in [2.75, 3.05) is 13.2 Å². The number of hydrogen-bond acceptors (Lipinski definition) is 3. The molecule has 5 nitrogen and oxygen atoms in total. The fourth-order valence-electron chi connectivity index (χ4n) is 6.30. The number of nitrogens with one attached hydrogen (secondary N) is 2. The highest BCUT2D eigenvalue weighted by atomic mass is 19.4. The number of aromatic nitrogens is 3. The summed E-state index contributed by atoms with van der Waals surface area (Å²) in [6.45, 7) is 1.75. The van der Waals surface area contributed by atoms with Gasteiger partial charge in [-0.05, 0) is 66.5 Å². The van der Waals surface area contributed by atoms with Crippen LogP contribution in [0, 0.1) is 23.7 Å². The second kappa shape index (κ2) is 7.94. The van der Waals surface area contributed by atoms with Crippen LogP contribution in [0.25, 0.3) is 11.0 Å². The molecule has 1 saturated carbocycles. The number of H-pyrrole nitrogens is 2. The molecule has 0 bridgehead atoms. The lowest BCUT2D eigenvalue weighted by Crippen LogP contribution is -2.28. The minimum absolute atomic E-state index is 0.136. The zero-order chi connectivity index (χ0) is 22.6. The molecule has 5 atom stereocenters. The fourth-order valence-corrected chi connectivity index (χ4v) is 6.30. The molecule has 172 valence electrons. The number of aromatic amines is 2. The summed E-state index contributed by atoms with van der Waals surface area (Å²) in [6.07, 6.45) is 3.44. The van der Waals surface area contributed by atoms with Gasteiger partial charge >= 0.3 is 6.18 Å². The molecule has 2 aromatic heterocycles. The maximum absolute atomic E-state index is 13.2. The smallest absolute Gasteiger partial charge is 0.381 e. The zero-order valence-electron chi connectivity index (χ0n) is 18.1. The van der Waals surface area contributed by atoms with E-state index in [1.807, 2.05) is 6.21 Å². The molecular weight excluding hydrogens is 429 g/mol. The maximum atomic E-state index is 13.2. The van der Waals surface area contributed by atoms with E-state index in [1.54, 1.807) is 0 Å². The van der Waals surface area contributed by atoms with Crippen LogP contribution in [0.2, 0.25) is 0 Å². The molecule has 3 unspecified atom stereocenters. The standard InChI is InChI=1S/C25H25F3N4O/c26-25(27,28)22-9-20-23(30-13-31-24(20)32-22)29-10-21-18-4-2-1-3-14(18)5-6-19(21)15-7-16-11-33-12-17(16)8-15/h1-4,9-10,13,15-17,19,21H,5-8,11-12H2,(H,30,31,32)/p+1/b29-10+/t15?,16-,17?,19-,21?/m1/s1. The van der Waals surface area contributed by atoms with Gasteiger partial charge < -0.3 is 9.72 Å². The summed E-state index contributed by atoms with van der Waals surface area (Å²) < 4.78 is 45.3. The number of alkyl halides is 3. The minimum atomic E-state index is -4.46. The zero-order valence-corrected chi connectivity index (χ0v) is 18.1. The quantitative estimate of drug-likeness (QED) is 0.558. The summed E-state index contributed by atoms with van der Waals surface area (Å²) in [5.41, 5.74) is 2.00. The SMILES string of the molecule is FC(F)(F)c1cc2c(/N=C/C3c4ccccc4CC[C@@H]3C3CC4COC[C@H]4C3)[nH+]cnc2[nH]1. The summed E-state index contributed by atoms with van der Waals surface area (Å²) in [6, 6.07) is 9.58. The molecule has 3 aliphatic rings. The number of rotatable bonds is 3. The van der Waals surface area contributed by atoms with Crippen LogP contribution >= 0.6 is 0 Å². The van der Waals surface area contributed by atoms with E-state index in [0.29, 0.717) is 34.9 Å². The Morgan fingerprint density at radius 1 is 1.12 bits per heavy atom. The highest BCUT2D eigenvalue weighted by Gasteiger charge is 2.44. The van der Waals surface area contributed by atoms with E-state index in [4.69, 9.17) is 9.73 Å². The van der Waals surface area contributed by atoms with Gasteiger partial charge in [0.05, 0.1) is 6.21 Å². The van der Waals surface area contributed by atoms with Crippen LogP contribution < -0.4 is 4.98 Å². The topological polar surface area (TPSA) is 64.4 Å². The molecule has 2 aliphatic carbocycles. The summed E-state index contributed by atoms with van der Waals surface area (Å²) in [7, 11) is 0. The van der Waals surface area contributed by atoms with Gasteiger partial charge in [-0.15, -0.1) is 4.99 Å². The third kappa shape index (κ3) is 3.74. The first kappa shape index (κ1) is 20.8. The molecule has 0 amide bonds. The number of nitrogens with zero attached hydrogens (tertiary/aromatic N) is 2. The van der Waals surface area contributed by atoms with Crippen LogP contribution in [-0.4, -0.2) is 29.4 Å². The van der Waals surface area contributed by atoms with Gasteiger partial charge in [-0.1, -0.05) is 29.2 Å². The van der Waals surface area contributed by atoms with Crippen LogP contribution in [0.5, 0.6) is 0 Å². The van der Waals surface area contributed by atoms with E-state index in [0.717, 1.165) is 32.1 Å². The van der Waals surface area contributed by atoms with Gasteiger partial charge in [-0.3, -0.25) is 0 Å². The molecule has 8 heteroatoms. The highest BCUT2D eigenvalue weighted by Crippen LogP contribution is 2.50. The monoisotopic (exact) mass is 455 g/mol. The Kier molecular flexibility index (Phi) is 5.01. The molecule has 3 heterocycles. The molecular formula is C25H26F3N4O+. The predicted molar refractivity (Wildman–Crippen MR) is 117 cm³/mol. The molecule has 2 N–H and O–H groups in total. The fraction of sp³-hybridized carbons (Fsp3) is 0.480. The molecule has 1 saturated heterocycles. The maximum Gasteiger partial charge on any atom is 0.431 e. The van der Waals surface area contributed by atoms with E-state index < -0.39 is 11.9 Å². The molecule has 1 aromatic carbocycles. The summed E-state index contributed by atoms with van der Waals surface area (Å²) in [5, 5.41) is 0.342. The lowest BCUT2D eigenvalue weighted by Gasteiger charge is -2.35. The number of fused-ring (bicyclic) bond motifs is 3. The highest BCUT2D eigenvalue weighted by molar-refractivity contribution is 5.87. The van der Waals surface area contributed by atoms with Crippen molar-refractivity contribution in [2.24, 2.45) is 28.7 Å². The van der Waals surface area contributed by atoms with Crippen molar-refractivity contribution < 1.29 is 22.9 Å². The molecule has 0 radical (unpaired) electrons. The molecule has 1 aliphatic heterocycles. The second-order valence-corrected chi connectivity index (χ2v) is 9.69. The Hall–Kier alpha value is -2.74. The van der Waals surface area contributed by atoms with Gasteiger partial charge in [0.1, 0.15) is 11.1 Å². The summed E-state index contributed by atoms with van der Waals surface area (Å²) in [5.74, 6) is 2.96. The van der Waals surface area contributed by atoms with Crippen LogP contribution in [0.1, 0.15) is 42.0 Å². The molecule has 2 fully saturated rings. The second-order valence-electron chi connectivity index (χ2n) is 9.69. The van der Waals surface area contributed by atoms with Gasteiger partial charge in [0.15, 0.2) is 0 Å². The normalized spacial score (nSPS) is 29.6. The summed E-state index contributed by atoms with van der Waals surface area (Å²) in [4.78, 5) is 14.0. The van der Waals surface area contributed by atoms with Crippen molar-refractivity contribution in [3.63, 3.8) is 0 Å². The Morgan fingerprint density at radius 3 is 2.70 bits per heavy atom. The third-order valence-corrected chi connectivity index (χ3v) is 7.89. The van der Waals surface area contributed by atoms with E-state index in [-0.39, 0.29) is 11.6 Å². The van der Waals surface area contributed by atoms with Crippen molar-refractivity contribution >= 4 is 23.1 Å². The van der Waals surface area contributed by atoms with Gasteiger partial charge in [0, 0.05) is 19.1 Å². The van der Waals surface area contributed by atoms with Gasteiger partial charge in [0.2, 0.25) is 12.0 Å². The summed E-state index contributed by atoms with van der Waals surface area (Å²) >= 11 is 0. The van der Waals surface area contributed by atoms with Crippen LogP contribution in [0.15, 0.2) is 41.7 Å². The van der Waals surface area contributed by atoms with E-state index in [1.165, 1.54) is 30.3 Å². The first-order valence-corrected chi connectivity index (χ1v) is 11.6. The van der Waals surface area contributed by atoms with Gasteiger partial charge in [-0.25, -0.2) is 4.98 Å². The Morgan fingerprint density at radius 2 is 1.91 bits per heavy atom. The number of benzene rings is 1. The first-order chi connectivity index (χ1) is 16.0. The number of halogens is 3. The number of ether oxygens (including phenoxy) is 1. The lowest BCUT2D eigenvalue weighted by atomic mass is 9.69. The van der Waals surface area contributed by atoms with Gasteiger partial charge in [0.25, 0.3) is 5.82 Å². The van der Waals surface area contributed by atoms with Crippen molar-refractivity contribution in [2.45, 2.75) is 37.8 Å². The third-order valence-electron chi connectivity index (χ3n) is 7.89. The molecule has 33 heavy (non-hydrogen) atoms.